The first-order valence-electron chi connectivity index (χ1n) is 11.7. The number of hydrogen-bond donors (Lipinski definition) is 1. The standard InChI is InChI=1S/C26H31N3O5/c1-2-3-4-22-21(16-29(26(22)32)23-9-10-24(30)27-25(23)31)18-34-17-20-7-5-19(6-8-20)15-28-11-13-33-14-12-28/h2-8,18,23H,9-17H2,1H3,(H,27,30,31)/b3-2-,21-18+,22-4+. The zero-order chi connectivity index (χ0) is 23.9. The quantitative estimate of drug-likeness (QED) is 0.377. The van der Waals surface area contributed by atoms with Crippen LogP contribution in [-0.2, 0) is 37.0 Å². The Labute approximate surface area is 199 Å². The summed E-state index contributed by atoms with van der Waals surface area (Å²) in [6.07, 6.45) is 7.54. The fraction of sp³-hybridized carbons (Fsp3) is 0.423. The number of morpholine rings is 1. The molecule has 3 amide bonds. The van der Waals surface area contributed by atoms with Crippen LogP contribution in [0.4, 0.5) is 0 Å². The average Bonchev–Trinajstić information content (AvgIpc) is 3.14. The first-order chi connectivity index (χ1) is 16.5. The SMILES string of the molecule is C\C=C/C=C1/C(=O)N(C2CCC(=O)NC2=O)C/C1=C\OCc1ccc(CN2CCOCC2)cc1. The maximum absolute atomic E-state index is 13.0. The van der Waals surface area contributed by atoms with Crippen LogP contribution in [0.1, 0.15) is 30.9 Å². The summed E-state index contributed by atoms with van der Waals surface area (Å²) in [6, 6.07) is 7.69. The molecule has 1 atom stereocenters. The van der Waals surface area contributed by atoms with E-state index in [2.05, 4.69) is 34.5 Å². The third kappa shape index (κ3) is 5.81. The summed E-state index contributed by atoms with van der Waals surface area (Å²) in [5.41, 5.74) is 3.51. The summed E-state index contributed by atoms with van der Waals surface area (Å²) in [5.74, 6) is -0.947. The number of nitrogens with zero attached hydrogens (tertiary/aromatic N) is 2. The van der Waals surface area contributed by atoms with Crippen LogP contribution in [0.2, 0.25) is 0 Å². The van der Waals surface area contributed by atoms with E-state index in [9.17, 15) is 14.4 Å². The fourth-order valence-electron chi connectivity index (χ4n) is 4.33. The molecule has 1 aromatic rings. The lowest BCUT2D eigenvalue weighted by atomic mass is 10.0. The van der Waals surface area contributed by atoms with Gasteiger partial charge in [0.15, 0.2) is 0 Å². The molecule has 4 rings (SSSR count). The number of hydrogen-bond acceptors (Lipinski definition) is 6. The Hall–Kier alpha value is -3.23. The minimum atomic E-state index is -0.649. The minimum absolute atomic E-state index is 0.227. The van der Waals surface area contributed by atoms with Crippen molar-refractivity contribution in [3.05, 3.63) is 71.0 Å². The normalized spacial score (nSPS) is 24.4. The van der Waals surface area contributed by atoms with Crippen molar-refractivity contribution in [3.8, 4) is 0 Å². The maximum atomic E-state index is 13.0. The van der Waals surface area contributed by atoms with Crippen molar-refractivity contribution >= 4 is 17.7 Å². The van der Waals surface area contributed by atoms with E-state index in [4.69, 9.17) is 9.47 Å². The average molecular weight is 466 g/mol. The molecule has 3 saturated heterocycles. The highest BCUT2D eigenvalue weighted by Gasteiger charge is 2.40. The van der Waals surface area contributed by atoms with Crippen LogP contribution in [0, 0.1) is 0 Å². The van der Waals surface area contributed by atoms with Gasteiger partial charge in [-0.15, -0.1) is 0 Å². The summed E-state index contributed by atoms with van der Waals surface area (Å²) < 4.78 is 11.2. The molecule has 3 aliphatic rings. The van der Waals surface area contributed by atoms with Gasteiger partial charge in [-0.3, -0.25) is 24.6 Å². The number of imide groups is 1. The molecule has 0 saturated carbocycles. The molecule has 0 radical (unpaired) electrons. The lowest BCUT2D eigenvalue weighted by Gasteiger charge is -2.28. The predicted octanol–water partition coefficient (Wildman–Crippen LogP) is 2.07. The van der Waals surface area contributed by atoms with Crippen LogP contribution >= 0.6 is 0 Å². The number of nitrogens with one attached hydrogen (secondary N) is 1. The lowest BCUT2D eigenvalue weighted by Crippen LogP contribution is -2.52. The minimum Gasteiger partial charge on any atom is -0.496 e. The van der Waals surface area contributed by atoms with Crippen molar-refractivity contribution in [1.29, 1.82) is 0 Å². The number of carbonyl (C=O) groups excluding carboxylic acids is 3. The summed E-state index contributed by atoms with van der Waals surface area (Å²) in [7, 11) is 0. The number of benzene rings is 1. The molecule has 0 aliphatic carbocycles. The maximum Gasteiger partial charge on any atom is 0.255 e. The predicted molar refractivity (Wildman–Crippen MR) is 126 cm³/mol. The molecule has 180 valence electrons. The molecule has 3 fully saturated rings. The van der Waals surface area contributed by atoms with Crippen LogP contribution in [0.5, 0.6) is 0 Å². The van der Waals surface area contributed by atoms with Crippen molar-refractivity contribution in [2.75, 3.05) is 32.8 Å². The number of carbonyl (C=O) groups is 3. The van der Waals surface area contributed by atoms with Gasteiger partial charge in [0.1, 0.15) is 12.6 Å². The van der Waals surface area contributed by atoms with Crippen LogP contribution in [0.3, 0.4) is 0 Å². The first kappa shape index (κ1) is 23.9. The van der Waals surface area contributed by atoms with Gasteiger partial charge in [0.25, 0.3) is 5.91 Å². The molecule has 34 heavy (non-hydrogen) atoms. The largest absolute Gasteiger partial charge is 0.496 e. The van der Waals surface area contributed by atoms with Crippen molar-refractivity contribution in [2.45, 2.75) is 39.0 Å². The molecular weight excluding hydrogens is 434 g/mol. The highest BCUT2D eigenvalue weighted by Crippen LogP contribution is 2.28. The van der Waals surface area contributed by atoms with Gasteiger partial charge in [0, 0.05) is 37.2 Å². The van der Waals surface area contributed by atoms with Crippen molar-refractivity contribution in [3.63, 3.8) is 0 Å². The second-order valence-corrected chi connectivity index (χ2v) is 8.67. The third-order valence-electron chi connectivity index (χ3n) is 6.23. The smallest absolute Gasteiger partial charge is 0.255 e. The monoisotopic (exact) mass is 465 g/mol. The second-order valence-electron chi connectivity index (χ2n) is 8.67. The van der Waals surface area contributed by atoms with E-state index in [1.807, 2.05) is 13.0 Å². The highest BCUT2D eigenvalue weighted by molar-refractivity contribution is 6.06. The Bertz CT molecular complexity index is 1010. The number of likely N-dealkylation sites (tertiary alicyclic amines) is 1. The van der Waals surface area contributed by atoms with Crippen LogP contribution in [0.15, 0.2) is 59.9 Å². The number of ether oxygens (including phenoxy) is 2. The second kappa shape index (κ2) is 11.3. The van der Waals surface area contributed by atoms with Crippen LogP contribution < -0.4 is 5.32 Å². The third-order valence-corrected chi connectivity index (χ3v) is 6.23. The molecule has 1 unspecified atom stereocenters. The van der Waals surface area contributed by atoms with E-state index in [0.29, 0.717) is 18.6 Å². The Kier molecular flexibility index (Phi) is 7.92. The van der Waals surface area contributed by atoms with Crippen LogP contribution in [-0.4, -0.2) is 66.4 Å². The van der Waals surface area contributed by atoms with E-state index in [1.54, 1.807) is 18.4 Å². The topological polar surface area (TPSA) is 88.2 Å². The molecule has 0 spiro atoms. The molecule has 8 nitrogen and oxygen atoms in total. The van der Waals surface area contributed by atoms with Gasteiger partial charge in [-0.25, -0.2) is 0 Å². The number of amides is 3. The Morgan fingerprint density at radius 3 is 2.56 bits per heavy atom. The summed E-state index contributed by atoms with van der Waals surface area (Å²) >= 11 is 0. The summed E-state index contributed by atoms with van der Waals surface area (Å²) in [6.45, 7) is 6.91. The molecule has 3 aliphatic heterocycles. The van der Waals surface area contributed by atoms with E-state index >= 15 is 0 Å². The van der Waals surface area contributed by atoms with Gasteiger partial charge in [0.05, 0.1) is 26.0 Å². The fourth-order valence-corrected chi connectivity index (χ4v) is 4.33. The summed E-state index contributed by atoms with van der Waals surface area (Å²) in [4.78, 5) is 40.7. The molecular formula is C26H31N3O5. The Morgan fingerprint density at radius 2 is 1.85 bits per heavy atom. The van der Waals surface area contributed by atoms with Gasteiger partial charge < -0.3 is 14.4 Å². The number of piperidine rings is 1. The van der Waals surface area contributed by atoms with Gasteiger partial charge in [-0.1, -0.05) is 36.4 Å². The first-order valence-corrected chi connectivity index (χ1v) is 11.7. The van der Waals surface area contributed by atoms with E-state index in [-0.39, 0.29) is 24.8 Å². The van der Waals surface area contributed by atoms with Gasteiger partial charge >= 0.3 is 0 Å². The van der Waals surface area contributed by atoms with E-state index < -0.39 is 11.9 Å². The number of rotatable bonds is 7. The van der Waals surface area contributed by atoms with Gasteiger partial charge in [-0.2, -0.15) is 0 Å². The molecule has 1 N–H and O–H groups in total. The van der Waals surface area contributed by atoms with Gasteiger partial charge in [0.2, 0.25) is 11.8 Å². The molecule has 0 aromatic heterocycles. The van der Waals surface area contributed by atoms with Crippen molar-refractivity contribution < 1.29 is 23.9 Å². The zero-order valence-corrected chi connectivity index (χ0v) is 19.5. The molecule has 3 heterocycles. The molecule has 8 heteroatoms. The Morgan fingerprint density at radius 1 is 1.12 bits per heavy atom. The molecule has 0 bridgehead atoms. The van der Waals surface area contributed by atoms with Crippen molar-refractivity contribution in [2.24, 2.45) is 0 Å². The lowest BCUT2D eigenvalue weighted by molar-refractivity contribution is -0.142. The van der Waals surface area contributed by atoms with Crippen molar-refractivity contribution in [1.82, 2.24) is 15.1 Å². The Balaban J connectivity index is 1.39. The summed E-state index contributed by atoms with van der Waals surface area (Å²) in [5, 5.41) is 2.33. The zero-order valence-electron chi connectivity index (χ0n) is 19.5. The van der Waals surface area contributed by atoms with Crippen LogP contribution in [0.25, 0.3) is 0 Å². The molecule has 1 aromatic carbocycles. The van der Waals surface area contributed by atoms with Gasteiger partial charge in [-0.05, 0) is 30.5 Å². The van der Waals surface area contributed by atoms with E-state index in [1.165, 1.54) is 10.5 Å². The highest BCUT2D eigenvalue weighted by atomic mass is 16.5. The number of allylic oxidation sites excluding steroid dienone is 3. The van der Waals surface area contributed by atoms with E-state index in [0.717, 1.165) is 44.0 Å².